The predicted molar refractivity (Wildman–Crippen MR) is 49.8 cm³/mol. The lowest BCUT2D eigenvalue weighted by molar-refractivity contribution is 0.295. The average molecular weight is 198 g/mol. The summed E-state index contributed by atoms with van der Waals surface area (Å²) in [6.07, 6.45) is 0.493. The number of hydrogen-bond donors (Lipinski definition) is 1. The van der Waals surface area contributed by atoms with Gasteiger partial charge in [0, 0.05) is 23.4 Å². The second kappa shape index (κ2) is 3.36. The van der Waals surface area contributed by atoms with Crippen LogP contribution < -0.4 is 0 Å². The molecular weight excluding hydrogens is 190 g/mol. The number of aliphatic hydroxyl groups is 1. The van der Waals surface area contributed by atoms with Crippen LogP contribution in [0.5, 0.6) is 0 Å². The van der Waals surface area contributed by atoms with Gasteiger partial charge in [-0.05, 0) is 18.2 Å². The molecule has 0 bridgehead atoms. The minimum Gasteiger partial charge on any atom is -0.396 e. The maximum Gasteiger partial charge on any atom is 0.167 e. The van der Waals surface area contributed by atoms with Gasteiger partial charge in [0.2, 0.25) is 0 Å². The Bertz CT molecular complexity index is 424. The first-order valence-corrected chi connectivity index (χ1v) is 4.34. The Hall–Kier alpha value is -1.06. The molecule has 2 rings (SSSR count). The molecule has 13 heavy (non-hydrogen) atoms. The van der Waals surface area contributed by atoms with E-state index in [1.807, 2.05) is 0 Å². The monoisotopic (exact) mass is 197 g/mol. The second-order valence-electron chi connectivity index (χ2n) is 2.74. The SMILES string of the molecule is OCCc1noc2ccc(Cl)cc12. The standard InChI is InChI=1S/C9H8ClNO2/c10-6-1-2-9-7(5-6)8(3-4-12)11-13-9/h1-2,5,12H,3-4H2. The smallest absolute Gasteiger partial charge is 0.167 e. The maximum atomic E-state index is 8.75. The minimum absolute atomic E-state index is 0.0636. The number of hydrogen-bond acceptors (Lipinski definition) is 3. The Kier molecular flexibility index (Phi) is 2.20. The van der Waals surface area contributed by atoms with Crippen molar-refractivity contribution in [3.8, 4) is 0 Å². The molecule has 0 amide bonds. The van der Waals surface area contributed by atoms with Crippen LogP contribution in [0.3, 0.4) is 0 Å². The zero-order chi connectivity index (χ0) is 9.26. The summed E-state index contributed by atoms with van der Waals surface area (Å²) in [6, 6.07) is 5.31. The number of benzene rings is 1. The summed E-state index contributed by atoms with van der Waals surface area (Å²) in [5, 5.41) is 14.1. The van der Waals surface area contributed by atoms with Gasteiger partial charge < -0.3 is 9.63 Å². The molecule has 0 aliphatic carbocycles. The topological polar surface area (TPSA) is 46.3 Å². The molecule has 0 saturated carbocycles. The highest BCUT2D eigenvalue weighted by molar-refractivity contribution is 6.31. The van der Waals surface area contributed by atoms with Gasteiger partial charge in [-0.2, -0.15) is 0 Å². The van der Waals surface area contributed by atoms with Crippen LogP contribution in [0, 0.1) is 0 Å². The van der Waals surface area contributed by atoms with E-state index in [0.29, 0.717) is 17.0 Å². The van der Waals surface area contributed by atoms with Crippen LogP contribution in [-0.2, 0) is 6.42 Å². The first-order valence-electron chi connectivity index (χ1n) is 3.96. The molecule has 0 spiro atoms. The van der Waals surface area contributed by atoms with Crippen molar-refractivity contribution >= 4 is 22.6 Å². The Balaban J connectivity index is 2.58. The molecule has 0 fully saturated rings. The molecule has 1 N–H and O–H groups in total. The predicted octanol–water partition coefficient (Wildman–Crippen LogP) is 2.02. The number of nitrogens with zero attached hydrogens (tertiary/aromatic N) is 1. The number of fused-ring (bicyclic) bond motifs is 1. The summed E-state index contributed by atoms with van der Waals surface area (Å²) in [5.41, 5.74) is 1.45. The fourth-order valence-corrected chi connectivity index (χ4v) is 1.42. The Morgan fingerprint density at radius 2 is 2.31 bits per heavy atom. The summed E-state index contributed by atoms with van der Waals surface area (Å²) in [4.78, 5) is 0. The van der Waals surface area contributed by atoms with Gasteiger partial charge in [0.15, 0.2) is 5.58 Å². The maximum absolute atomic E-state index is 8.75. The van der Waals surface area contributed by atoms with Crippen LogP contribution in [0.1, 0.15) is 5.69 Å². The van der Waals surface area contributed by atoms with Gasteiger partial charge in [0.1, 0.15) is 0 Å². The molecule has 2 aromatic rings. The Morgan fingerprint density at radius 3 is 3.08 bits per heavy atom. The zero-order valence-electron chi connectivity index (χ0n) is 6.83. The third-order valence-corrected chi connectivity index (χ3v) is 2.09. The highest BCUT2D eigenvalue weighted by Gasteiger charge is 2.07. The summed E-state index contributed by atoms with van der Waals surface area (Å²) in [5.74, 6) is 0. The molecule has 0 aliphatic rings. The normalized spacial score (nSPS) is 10.9. The first-order chi connectivity index (χ1) is 6.31. The van der Waals surface area contributed by atoms with Crippen LogP contribution in [0.25, 0.3) is 11.0 Å². The van der Waals surface area contributed by atoms with E-state index in [4.69, 9.17) is 21.2 Å². The van der Waals surface area contributed by atoms with E-state index in [9.17, 15) is 0 Å². The van der Waals surface area contributed by atoms with Crippen molar-refractivity contribution in [1.82, 2.24) is 5.16 Å². The first kappa shape index (κ1) is 8.53. The van der Waals surface area contributed by atoms with Gasteiger partial charge in [-0.15, -0.1) is 0 Å². The van der Waals surface area contributed by atoms with Crippen molar-refractivity contribution in [2.75, 3.05) is 6.61 Å². The largest absolute Gasteiger partial charge is 0.396 e. The molecule has 4 heteroatoms. The molecule has 68 valence electrons. The van der Waals surface area contributed by atoms with E-state index in [1.54, 1.807) is 18.2 Å². The van der Waals surface area contributed by atoms with E-state index in [2.05, 4.69) is 5.16 Å². The number of rotatable bonds is 2. The van der Waals surface area contributed by atoms with Crippen molar-refractivity contribution in [2.24, 2.45) is 0 Å². The quantitative estimate of drug-likeness (QED) is 0.801. The third-order valence-electron chi connectivity index (χ3n) is 1.86. The number of aromatic nitrogens is 1. The summed E-state index contributed by atoms with van der Waals surface area (Å²) in [6.45, 7) is 0.0636. The molecular formula is C9H8ClNO2. The molecule has 0 radical (unpaired) electrons. The van der Waals surface area contributed by atoms with Crippen molar-refractivity contribution in [3.05, 3.63) is 28.9 Å². The highest BCUT2D eigenvalue weighted by atomic mass is 35.5. The number of aliphatic hydroxyl groups excluding tert-OH is 1. The Labute approximate surface area is 79.9 Å². The lowest BCUT2D eigenvalue weighted by atomic mass is 10.2. The van der Waals surface area contributed by atoms with Crippen molar-refractivity contribution in [2.45, 2.75) is 6.42 Å². The summed E-state index contributed by atoms with van der Waals surface area (Å²) >= 11 is 5.82. The van der Waals surface area contributed by atoms with Gasteiger partial charge in [-0.3, -0.25) is 0 Å². The van der Waals surface area contributed by atoms with Crippen LogP contribution in [0.15, 0.2) is 22.7 Å². The third kappa shape index (κ3) is 1.53. The van der Waals surface area contributed by atoms with Crippen molar-refractivity contribution in [1.29, 1.82) is 0 Å². The van der Waals surface area contributed by atoms with Gasteiger partial charge >= 0.3 is 0 Å². The molecule has 0 aliphatic heterocycles. The van der Waals surface area contributed by atoms with E-state index >= 15 is 0 Å². The molecule has 0 saturated heterocycles. The molecule has 1 aromatic carbocycles. The van der Waals surface area contributed by atoms with Crippen LogP contribution in [0.4, 0.5) is 0 Å². The van der Waals surface area contributed by atoms with Gasteiger partial charge in [-0.25, -0.2) is 0 Å². The van der Waals surface area contributed by atoms with Crippen LogP contribution in [0.2, 0.25) is 5.02 Å². The molecule has 1 aromatic heterocycles. The Morgan fingerprint density at radius 1 is 1.46 bits per heavy atom. The zero-order valence-corrected chi connectivity index (χ0v) is 7.58. The second-order valence-corrected chi connectivity index (χ2v) is 3.18. The van der Waals surface area contributed by atoms with E-state index in [1.165, 1.54) is 0 Å². The number of halogens is 1. The van der Waals surface area contributed by atoms with Gasteiger partial charge in [0.05, 0.1) is 5.69 Å². The van der Waals surface area contributed by atoms with E-state index < -0.39 is 0 Å². The van der Waals surface area contributed by atoms with E-state index in [-0.39, 0.29) is 6.61 Å². The summed E-state index contributed by atoms with van der Waals surface area (Å²) < 4.78 is 5.04. The average Bonchev–Trinajstić information content (AvgIpc) is 2.49. The van der Waals surface area contributed by atoms with Crippen LogP contribution >= 0.6 is 11.6 Å². The van der Waals surface area contributed by atoms with Crippen molar-refractivity contribution < 1.29 is 9.63 Å². The lowest BCUT2D eigenvalue weighted by Gasteiger charge is -1.91. The van der Waals surface area contributed by atoms with E-state index in [0.717, 1.165) is 11.1 Å². The molecule has 1 heterocycles. The molecule has 3 nitrogen and oxygen atoms in total. The van der Waals surface area contributed by atoms with Crippen LogP contribution in [-0.4, -0.2) is 16.9 Å². The minimum atomic E-state index is 0.0636. The fraction of sp³-hybridized carbons (Fsp3) is 0.222. The van der Waals surface area contributed by atoms with Gasteiger partial charge in [-0.1, -0.05) is 16.8 Å². The molecule has 0 atom stereocenters. The summed E-state index contributed by atoms with van der Waals surface area (Å²) in [7, 11) is 0. The molecule has 0 unspecified atom stereocenters. The van der Waals surface area contributed by atoms with Gasteiger partial charge in [0.25, 0.3) is 0 Å². The lowest BCUT2D eigenvalue weighted by Crippen LogP contribution is -1.90. The fourth-order valence-electron chi connectivity index (χ4n) is 1.25. The highest BCUT2D eigenvalue weighted by Crippen LogP contribution is 2.22. The van der Waals surface area contributed by atoms with Crippen molar-refractivity contribution in [3.63, 3.8) is 0 Å².